The van der Waals surface area contributed by atoms with E-state index >= 15 is 0 Å². The van der Waals surface area contributed by atoms with Crippen LogP contribution in [-0.4, -0.2) is 4.68 Å². The summed E-state index contributed by atoms with van der Waals surface area (Å²) in [6.45, 7) is 0. The third kappa shape index (κ3) is 2.23. The number of aromatic nitrogens is 2. The van der Waals surface area contributed by atoms with Crippen LogP contribution < -0.4 is 4.68 Å². The van der Waals surface area contributed by atoms with Gasteiger partial charge in [-0.05, 0) is 18.2 Å². The minimum Gasteiger partial charge on any atom is -0.156 e. The van der Waals surface area contributed by atoms with Crippen LogP contribution in [0.1, 0.15) is 0 Å². The van der Waals surface area contributed by atoms with Crippen LogP contribution in [0.2, 0.25) is 5.02 Å². The van der Waals surface area contributed by atoms with E-state index in [2.05, 4.69) is 59.9 Å². The predicted octanol–water partition coefficient (Wildman–Crippen LogP) is 3.84. The lowest BCUT2D eigenvalue weighted by molar-refractivity contribution is -0.740. The Hall–Kier alpha value is -2.06. The molecule has 0 atom stereocenters. The molecule has 0 amide bonds. The fourth-order valence-corrected chi connectivity index (χ4v) is 2.63. The Bertz CT molecular complexity index is 745. The van der Waals surface area contributed by atoms with Crippen molar-refractivity contribution >= 4 is 11.6 Å². The lowest BCUT2D eigenvalue weighted by Gasteiger charge is -1.99. The van der Waals surface area contributed by atoms with Crippen molar-refractivity contribution in [1.82, 2.24) is 4.68 Å². The van der Waals surface area contributed by atoms with Gasteiger partial charge in [0.2, 0.25) is 5.69 Å². The Morgan fingerprint density at radius 2 is 1.60 bits per heavy atom. The van der Waals surface area contributed by atoms with Crippen LogP contribution in [0.15, 0.2) is 60.7 Å². The van der Waals surface area contributed by atoms with Gasteiger partial charge in [-0.3, -0.25) is 0 Å². The Morgan fingerprint density at radius 3 is 2.30 bits per heavy atom. The van der Waals surface area contributed by atoms with E-state index in [1.807, 2.05) is 24.3 Å². The molecule has 2 aromatic carbocycles. The molecule has 0 bridgehead atoms. The molecule has 0 aliphatic rings. The van der Waals surface area contributed by atoms with Crippen LogP contribution in [0.5, 0.6) is 0 Å². The van der Waals surface area contributed by atoms with Gasteiger partial charge in [0, 0.05) is 16.7 Å². The zero-order valence-electron chi connectivity index (χ0n) is 11.5. The van der Waals surface area contributed by atoms with E-state index in [4.69, 9.17) is 11.6 Å². The molecule has 0 saturated heterocycles. The Morgan fingerprint density at radius 1 is 0.900 bits per heavy atom. The summed E-state index contributed by atoms with van der Waals surface area (Å²) in [6.07, 6.45) is 0. The summed E-state index contributed by atoms with van der Waals surface area (Å²) < 4.78 is 4.28. The van der Waals surface area contributed by atoms with E-state index in [9.17, 15) is 0 Å². The number of hydrogen-bond donors (Lipinski definition) is 0. The van der Waals surface area contributed by atoms with Crippen molar-refractivity contribution < 1.29 is 4.68 Å². The minimum absolute atomic E-state index is 0.757. The monoisotopic (exact) mass is 283 g/mol. The minimum atomic E-state index is 0.757. The molecular weight excluding hydrogens is 268 g/mol. The fourth-order valence-electron chi connectivity index (χ4n) is 2.44. The van der Waals surface area contributed by atoms with Gasteiger partial charge in [-0.2, -0.15) is 4.68 Å². The lowest BCUT2D eigenvalue weighted by Crippen LogP contribution is -2.39. The molecular formula is C17H16ClN2+. The molecule has 0 spiro atoms. The van der Waals surface area contributed by atoms with Gasteiger partial charge in [-0.15, -0.1) is 4.68 Å². The van der Waals surface area contributed by atoms with Crippen LogP contribution in [0, 0.1) is 0 Å². The fraction of sp³-hybridized carbons (Fsp3) is 0.118. The molecule has 100 valence electrons. The number of nitrogens with zero attached hydrogens (tertiary/aromatic N) is 2. The molecule has 20 heavy (non-hydrogen) atoms. The average Bonchev–Trinajstić information content (AvgIpc) is 2.76. The molecule has 3 heteroatoms. The lowest BCUT2D eigenvalue weighted by atomic mass is 10.1. The standard InChI is InChI=1S/C17H16ClN2/c1-19-16(13-7-4-3-5-8-13)12-17(20(19)2)14-9-6-10-15(18)11-14/h3-12H,1-2H3/q+1. The highest BCUT2D eigenvalue weighted by Crippen LogP contribution is 2.25. The van der Waals surface area contributed by atoms with Gasteiger partial charge in [0.1, 0.15) is 5.69 Å². The summed E-state index contributed by atoms with van der Waals surface area (Å²) in [5.41, 5.74) is 4.66. The van der Waals surface area contributed by atoms with Gasteiger partial charge in [0.25, 0.3) is 0 Å². The van der Waals surface area contributed by atoms with Gasteiger partial charge in [0.15, 0.2) is 7.05 Å². The summed E-state index contributed by atoms with van der Waals surface area (Å²) in [5, 5.41) is 0.757. The van der Waals surface area contributed by atoms with Gasteiger partial charge in [0.05, 0.1) is 12.6 Å². The first-order chi connectivity index (χ1) is 9.66. The van der Waals surface area contributed by atoms with Gasteiger partial charge < -0.3 is 0 Å². The molecule has 3 rings (SSSR count). The first kappa shape index (κ1) is 12.9. The predicted molar refractivity (Wildman–Crippen MR) is 82.5 cm³/mol. The summed E-state index contributed by atoms with van der Waals surface area (Å²) in [4.78, 5) is 0. The second-order valence-corrected chi connectivity index (χ2v) is 5.27. The quantitative estimate of drug-likeness (QED) is 0.632. The first-order valence-corrected chi connectivity index (χ1v) is 6.92. The van der Waals surface area contributed by atoms with Crippen LogP contribution in [0.4, 0.5) is 0 Å². The SMILES string of the molecule is Cn1c(-c2ccccc2)cc(-c2cccc(Cl)c2)[n+]1C. The highest BCUT2D eigenvalue weighted by molar-refractivity contribution is 6.30. The van der Waals surface area contributed by atoms with Gasteiger partial charge in [-0.25, -0.2) is 0 Å². The van der Waals surface area contributed by atoms with Crippen molar-refractivity contribution in [2.45, 2.75) is 0 Å². The van der Waals surface area contributed by atoms with Gasteiger partial charge >= 0.3 is 0 Å². The zero-order chi connectivity index (χ0) is 14.1. The van der Waals surface area contributed by atoms with Crippen LogP contribution in [-0.2, 0) is 14.1 Å². The maximum atomic E-state index is 6.09. The van der Waals surface area contributed by atoms with Crippen molar-refractivity contribution in [2.24, 2.45) is 14.1 Å². The zero-order valence-corrected chi connectivity index (χ0v) is 12.3. The second kappa shape index (κ2) is 5.14. The molecule has 3 aromatic rings. The molecule has 0 fully saturated rings. The largest absolute Gasteiger partial charge is 0.238 e. The molecule has 2 nitrogen and oxygen atoms in total. The highest BCUT2D eigenvalue weighted by atomic mass is 35.5. The normalized spacial score (nSPS) is 10.8. The molecule has 0 aliphatic carbocycles. The van der Waals surface area contributed by atoms with E-state index in [1.54, 1.807) is 0 Å². The maximum absolute atomic E-state index is 6.09. The number of halogens is 1. The maximum Gasteiger partial charge on any atom is 0.238 e. The number of hydrogen-bond acceptors (Lipinski definition) is 0. The molecule has 0 unspecified atom stereocenters. The smallest absolute Gasteiger partial charge is 0.156 e. The van der Waals surface area contributed by atoms with Crippen molar-refractivity contribution in [3.8, 4) is 22.5 Å². The third-order valence-electron chi connectivity index (χ3n) is 3.61. The topological polar surface area (TPSA) is 8.81 Å². The van der Waals surface area contributed by atoms with E-state index in [0.29, 0.717) is 0 Å². The van der Waals surface area contributed by atoms with Crippen molar-refractivity contribution in [1.29, 1.82) is 0 Å². The molecule has 1 aromatic heterocycles. The second-order valence-electron chi connectivity index (χ2n) is 4.84. The average molecular weight is 284 g/mol. The number of benzene rings is 2. The van der Waals surface area contributed by atoms with Crippen molar-refractivity contribution in [3.05, 3.63) is 65.7 Å². The van der Waals surface area contributed by atoms with Gasteiger partial charge in [-0.1, -0.05) is 48.0 Å². The van der Waals surface area contributed by atoms with Crippen LogP contribution >= 0.6 is 11.6 Å². The Balaban J connectivity index is 2.16. The third-order valence-corrected chi connectivity index (χ3v) is 3.85. The first-order valence-electron chi connectivity index (χ1n) is 6.54. The summed E-state index contributed by atoms with van der Waals surface area (Å²) >= 11 is 6.09. The van der Waals surface area contributed by atoms with E-state index < -0.39 is 0 Å². The molecule has 0 N–H and O–H groups in total. The molecule has 0 aliphatic heterocycles. The molecule has 0 radical (unpaired) electrons. The van der Waals surface area contributed by atoms with Crippen LogP contribution in [0.3, 0.4) is 0 Å². The van der Waals surface area contributed by atoms with Crippen molar-refractivity contribution in [3.63, 3.8) is 0 Å². The number of rotatable bonds is 2. The molecule has 1 heterocycles. The Labute approximate surface area is 123 Å². The van der Waals surface area contributed by atoms with Crippen molar-refractivity contribution in [2.75, 3.05) is 0 Å². The molecule has 0 saturated carbocycles. The van der Waals surface area contributed by atoms with Crippen LogP contribution in [0.25, 0.3) is 22.5 Å². The summed E-state index contributed by atoms with van der Waals surface area (Å²) in [6, 6.07) is 20.5. The summed E-state index contributed by atoms with van der Waals surface area (Å²) in [7, 11) is 4.12. The van der Waals surface area contributed by atoms with E-state index in [-0.39, 0.29) is 0 Å². The van der Waals surface area contributed by atoms with E-state index in [0.717, 1.165) is 16.3 Å². The highest BCUT2D eigenvalue weighted by Gasteiger charge is 2.19. The summed E-state index contributed by atoms with van der Waals surface area (Å²) in [5.74, 6) is 0. The van der Waals surface area contributed by atoms with E-state index in [1.165, 1.54) is 11.3 Å². The Kier molecular flexibility index (Phi) is 3.33.